The van der Waals surface area contributed by atoms with E-state index in [-0.39, 0.29) is 19.1 Å². The van der Waals surface area contributed by atoms with E-state index >= 15 is 0 Å². The van der Waals surface area contributed by atoms with Crippen molar-refractivity contribution in [2.75, 3.05) is 26.2 Å². The number of carbonyl (C=O) groups is 1. The van der Waals surface area contributed by atoms with E-state index in [2.05, 4.69) is 5.32 Å². The predicted octanol–water partition coefficient (Wildman–Crippen LogP) is 2.43. The van der Waals surface area contributed by atoms with E-state index in [0.29, 0.717) is 25.7 Å². The number of hydrogen-bond acceptors (Lipinski definition) is 3. The van der Waals surface area contributed by atoms with Crippen LogP contribution in [0.3, 0.4) is 0 Å². The molecule has 2 aliphatic rings. The van der Waals surface area contributed by atoms with Gasteiger partial charge in [0.1, 0.15) is 0 Å². The smallest absolute Gasteiger partial charge is 0.380 e. The number of halogens is 3. The van der Waals surface area contributed by atoms with Crippen LogP contribution in [0.5, 0.6) is 0 Å². The number of amides is 2. The van der Waals surface area contributed by atoms with Crippen LogP contribution in [-0.2, 0) is 4.74 Å². The fraction of sp³-hybridized carbons (Fsp3) is 0.933. The average Bonchev–Trinajstić information content (AvgIpc) is 2.99. The number of ether oxygens (including phenoxy) is 1. The molecule has 2 rings (SSSR count). The molecule has 2 N–H and O–H groups in total. The molecular weight excluding hydrogens is 313 g/mol. The zero-order chi connectivity index (χ0) is 16.9. The van der Waals surface area contributed by atoms with Gasteiger partial charge in [0.25, 0.3) is 0 Å². The Morgan fingerprint density at radius 1 is 1.26 bits per heavy atom. The molecule has 0 radical (unpaired) electrons. The highest BCUT2D eigenvalue weighted by Crippen LogP contribution is 2.38. The van der Waals surface area contributed by atoms with Crippen molar-refractivity contribution >= 4 is 6.03 Å². The minimum absolute atomic E-state index is 0.0968. The summed E-state index contributed by atoms with van der Waals surface area (Å²) in [5.74, 6) is 0. The number of urea groups is 1. The lowest BCUT2D eigenvalue weighted by atomic mass is 9.91. The second-order valence-corrected chi connectivity index (χ2v) is 6.38. The number of likely N-dealkylation sites (tertiary alicyclic amines) is 1. The van der Waals surface area contributed by atoms with Gasteiger partial charge in [-0.15, -0.1) is 0 Å². The maximum atomic E-state index is 12.7. The third kappa shape index (κ3) is 4.97. The van der Waals surface area contributed by atoms with Crippen molar-refractivity contribution in [2.24, 2.45) is 0 Å². The monoisotopic (exact) mass is 338 g/mol. The van der Waals surface area contributed by atoms with Crippen molar-refractivity contribution in [3.63, 3.8) is 0 Å². The molecule has 1 heterocycles. The third-order valence-corrected chi connectivity index (χ3v) is 4.66. The molecule has 1 aliphatic heterocycles. The van der Waals surface area contributed by atoms with Crippen LogP contribution in [0.15, 0.2) is 0 Å². The lowest BCUT2D eigenvalue weighted by Crippen LogP contribution is -2.55. The van der Waals surface area contributed by atoms with E-state index in [4.69, 9.17) is 4.74 Å². The summed E-state index contributed by atoms with van der Waals surface area (Å²) in [7, 11) is 0. The van der Waals surface area contributed by atoms with Crippen LogP contribution in [0.1, 0.15) is 44.9 Å². The number of carbonyl (C=O) groups excluding carboxylic acids is 1. The van der Waals surface area contributed by atoms with Gasteiger partial charge in [0.05, 0.1) is 6.10 Å². The Bertz CT molecular complexity index is 390. The number of piperidine rings is 1. The summed E-state index contributed by atoms with van der Waals surface area (Å²) in [6, 6.07) is -0.380. The van der Waals surface area contributed by atoms with Crippen molar-refractivity contribution < 1.29 is 27.8 Å². The number of nitrogens with zero attached hydrogens (tertiary/aromatic N) is 1. The summed E-state index contributed by atoms with van der Waals surface area (Å²) in [5.41, 5.74) is -2.67. The van der Waals surface area contributed by atoms with Gasteiger partial charge >= 0.3 is 12.2 Å². The second-order valence-electron chi connectivity index (χ2n) is 6.38. The first-order chi connectivity index (χ1) is 10.8. The maximum Gasteiger partial charge on any atom is 0.417 e. The summed E-state index contributed by atoms with van der Waals surface area (Å²) < 4.78 is 43.7. The second kappa shape index (κ2) is 7.70. The highest BCUT2D eigenvalue weighted by atomic mass is 19.4. The van der Waals surface area contributed by atoms with Crippen molar-refractivity contribution in [3.05, 3.63) is 0 Å². The topological polar surface area (TPSA) is 61.8 Å². The molecule has 1 saturated heterocycles. The molecule has 0 aromatic carbocycles. The van der Waals surface area contributed by atoms with Gasteiger partial charge in [0, 0.05) is 39.1 Å². The molecule has 0 bridgehead atoms. The molecule has 1 aliphatic carbocycles. The van der Waals surface area contributed by atoms with E-state index in [1.165, 1.54) is 17.7 Å². The molecule has 8 heteroatoms. The molecule has 0 spiro atoms. The van der Waals surface area contributed by atoms with Gasteiger partial charge in [0.15, 0.2) is 5.60 Å². The summed E-state index contributed by atoms with van der Waals surface area (Å²) in [6.07, 6.45) is 0.0399. The highest BCUT2D eigenvalue weighted by Gasteiger charge is 2.54. The first kappa shape index (κ1) is 18.3. The number of alkyl halides is 3. The van der Waals surface area contributed by atoms with Crippen molar-refractivity contribution in [1.29, 1.82) is 0 Å². The molecular formula is C15H25F3N2O3. The SMILES string of the molecule is O=C(NCCCOC1CCCC1)N1CCC(O)(C(F)(F)F)CC1. The quantitative estimate of drug-likeness (QED) is 0.757. The maximum absolute atomic E-state index is 12.7. The molecule has 2 amide bonds. The van der Waals surface area contributed by atoms with Crippen molar-refractivity contribution in [1.82, 2.24) is 10.2 Å². The first-order valence-electron chi connectivity index (χ1n) is 8.25. The van der Waals surface area contributed by atoms with Crippen molar-refractivity contribution in [2.45, 2.75) is 62.8 Å². The highest BCUT2D eigenvalue weighted by molar-refractivity contribution is 5.74. The fourth-order valence-electron chi connectivity index (χ4n) is 3.05. The van der Waals surface area contributed by atoms with E-state index in [1.54, 1.807) is 0 Å². The normalized spacial score (nSPS) is 22.3. The van der Waals surface area contributed by atoms with Gasteiger partial charge in [-0.3, -0.25) is 0 Å². The largest absolute Gasteiger partial charge is 0.417 e. The zero-order valence-electron chi connectivity index (χ0n) is 13.2. The van der Waals surface area contributed by atoms with Gasteiger partial charge in [0.2, 0.25) is 0 Å². The van der Waals surface area contributed by atoms with E-state index in [0.717, 1.165) is 12.8 Å². The first-order valence-corrected chi connectivity index (χ1v) is 8.25. The molecule has 1 saturated carbocycles. The van der Waals surface area contributed by atoms with Gasteiger partial charge in [-0.05, 0) is 19.3 Å². The summed E-state index contributed by atoms with van der Waals surface area (Å²) in [4.78, 5) is 13.2. The Labute approximate surface area is 134 Å². The Morgan fingerprint density at radius 3 is 2.43 bits per heavy atom. The molecule has 0 unspecified atom stereocenters. The number of aliphatic hydroxyl groups is 1. The van der Waals surface area contributed by atoms with Crippen LogP contribution in [0.25, 0.3) is 0 Å². The predicted molar refractivity (Wildman–Crippen MR) is 78.0 cm³/mol. The number of hydrogen-bond donors (Lipinski definition) is 2. The molecule has 23 heavy (non-hydrogen) atoms. The molecule has 0 aromatic rings. The Kier molecular flexibility index (Phi) is 6.13. The number of rotatable bonds is 5. The van der Waals surface area contributed by atoms with Crippen LogP contribution in [0.4, 0.5) is 18.0 Å². The number of nitrogens with one attached hydrogen (secondary N) is 1. The Hall–Kier alpha value is -1.02. The standard InChI is InChI=1S/C15H25F3N2O3/c16-15(17,18)14(22)6-9-20(10-7-14)13(21)19-8-3-11-23-12-4-1-2-5-12/h12,22H,1-11H2,(H,19,21). The van der Waals surface area contributed by atoms with Gasteiger partial charge < -0.3 is 20.1 Å². The molecule has 0 aromatic heterocycles. The fourth-order valence-corrected chi connectivity index (χ4v) is 3.05. The third-order valence-electron chi connectivity index (χ3n) is 4.66. The van der Waals surface area contributed by atoms with Crippen LogP contribution in [0, 0.1) is 0 Å². The van der Waals surface area contributed by atoms with Crippen LogP contribution in [0.2, 0.25) is 0 Å². The van der Waals surface area contributed by atoms with Crippen molar-refractivity contribution in [3.8, 4) is 0 Å². The van der Waals surface area contributed by atoms with E-state index in [1.807, 2.05) is 0 Å². The minimum atomic E-state index is -4.65. The lowest BCUT2D eigenvalue weighted by molar-refractivity contribution is -0.271. The zero-order valence-corrected chi connectivity index (χ0v) is 13.2. The molecule has 2 fully saturated rings. The van der Waals surface area contributed by atoms with Crippen LogP contribution >= 0.6 is 0 Å². The summed E-state index contributed by atoms with van der Waals surface area (Å²) in [5, 5.41) is 12.2. The van der Waals surface area contributed by atoms with E-state index in [9.17, 15) is 23.1 Å². The van der Waals surface area contributed by atoms with Gasteiger partial charge in [-0.25, -0.2) is 4.79 Å². The van der Waals surface area contributed by atoms with Crippen LogP contribution < -0.4 is 5.32 Å². The molecule has 5 nitrogen and oxygen atoms in total. The van der Waals surface area contributed by atoms with Crippen LogP contribution in [-0.4, -0.2) is 60.2 Å². The van der Waals surface area contributed by atoms with E-state index < -0.39 is 24.6 Å². The Morgan fingerprint density at radius 2 is 1.87 bits per heavy atom. The summed E-state index contributed by atoms with van der Waals surface area (Å²) >= 11 is 0. The summed E-state index contributed by atoms with van der Waals surface area (Å²) in [6.45, 7) is 0.825. The van der Waals surface area contributed by atoms with Gasteiger partial charge in [-0.2, -0.15) is 13.2 Å². The minimum Gasteiger partial charge on any atom is -0.380 e. The van der Waals surface area contributed by atoms with Gasteiger partial charge in [-0.1, -0.05) is 12.8 Å². The molecule has 0 atom stereocenters. The average molecular weight is 338 g/mol. The lowest BCUT2D eigenvalue weighted by Gasteiger charge is -2.39. The Balaban J connectivity index is 1.59. The molecule has 134 valence electrons.